The van der Waals surface area contributed by atoms with Crippen LogP contribution in [0.4, 0.5) is 0 Å². The van der Waals surface area contributed by atoms with E-state index in [4.69, 9.17) is 4.74 Å². The van der Waals surface area contributed by atoms with Crippen molar-refractivity contribution in [2.45, 2.75) is 77.9 Å². The molecule has 0 bridgehead atoms. The molecule has 1 aromatic carbocycles. The predicted molar refractivity (Wildman–Crippen MR) is 116 cm³/mol. The van der Waals surface area contributed by atoms with E-state index in [1.165, 1.54) is 50.8 Å². The van der Waals surface area contributed by atoms with Crippen LogP contribution in [0.5, 0.6) is 0 Å². The Kier molecular flexibility index (Phi) is 7.96. The van der Waals surface area contributed by atoms with Crippen molar-refractivity contribution in [1.29, 1.82) is 0 Å². The maximum atomic E-state index is 10.5. The number of benzene rings is 1. The van der Waals surface area contributed by atoms with Crippen LogP contribution in [0.15, 0.2) is 30.3 Å². The number of rotatable bonds is 7. The molecule has 1 saturated carbocycles. The highest BCUT2D eigenvalue weighted by molar-refractivity contribution is 5.15. The molecule has 1 heterocycles. The van der Waals surface area contributed by atoms with Gasteiger partial charge in [0.15, 0.2) is 0 Å². The lowest BCUT2D eigenvalue weighted by Gasteiger charge is -2.37. The molecule has 158 valence electrons. The Labute approximate surface area is 172 Å². The van der Waals surface area contributed by atoms with Gasteiger partial charge in [0.05, 0.1) is 25.8 Å². The summed E-state index contributed by atoms with van der Waals surface area (Å²) in [7, 11) is 0. The van der Waals surface area contributed by atoms with E-state index in [-0.39, 0.29) is 6.10 Å². The zero-order chi connectivity index (χ0) is 20.0. The number of hydrogen-bond donors (Lipinski definition) is 2. The van der Waals surface area contributed by atoms with Crippen LogP contribution in [0.3, 0.4) is 0 Å². The Morgan fingerprint density at radius 3 is 2.25 bits per heavy atom. The average Bonchev–Trinajstić information content (AvgIpc) is 2.68. The van der Waals surface area contributed by atoms with E-state index < -0.39 is 0 Å². The van der Waals surface area contributed by atoms with Gasteiger partial charge in [-0.25, -0.2) is 0 Å². The molecule has 1 aliphatic heterocycles. The van der Waals surface area contributed by atoms with Crippen molar-refractivity contribution in [3.63, 3.8) is 0 Å². The highest BCUT2D eigenvalue weighted by Gasteiger charge is 2.30. The van der Waals surface area contributed by atoms with E-state index >= 15 is 0 Å². The quantitative estimate of drug-likeness (QED) is 0.750. The Morgan fingerprint density at radius 1 is 1.00 bits per heavy atom. The second kappa shape index (κ2) is 10.2. The van der Waals surface area contributed by atoms with E-state index in [2.05, 4.69) is 51.1 Å². The van der Waals surface area contributed by atoms with Crippen LogP contribution in [-0.4, -0.2) is 43.6 Å². The van der Waals surface area contributed by atoms with Crippen molar-refractivity contribution < 1.29 is 14.7 Å². The SMILES string of the molecule is CC(C)(C)C1CCC(OC[C@H](O)C[NH+]2CCC(Cc3ccccc3)CC2)CC1. The molecule has 1 saturated heterocycles. The van der Waals surface area contributed by atoms with Gasteiger partial charge in [0, 0.05) is 0 Å². The Bertz CT molecular complexity index is 552. The van der Waals surface area contributed by atoms with Gasteiger partial charge in [0.2, 0.25) is 0 Å². The van der Waals surface area contributed by atoms with Crippen LogP contribution in [0, 0.1) is 17.3 Å². The number of aliphatic hydroxyl groups is 1. The largest absolute Gasteiger partial charge is 0.385 e. The van der Waals surface area contributed by atoms with Crippen molar-refractivity contribution in [3.8, 4) is 0 Å². The van der Waals surface area contributed by atoms with E-state index in [0.29, 0.717) is 18.1 Å². The monoisotopic (exact) mass is 388 g/mol. The van der Waals surface area contributed by atoms with Gasteiger partial charge in [0.25, 0.3) is 0 Å². The van der Waals surface area contributed by atoms with Crippen molar-refractivity contribution in [2.24, 2.45) is 17.3 Å². The molecule has 1 atom stereocenters. The first kappa shape index (κ1) is 21.8. The number of aliphatic hydroxyl groups excluding tert-OH is 1. The molecule has 1 aliphatic carbocycles. The third-order valence-corrected chi connectivity index (χ3v) is 7.13. The molecule has 28 heavy (non-hydrogen) atoms. The van der Waals surface area contributed by atoms with Gasteiger partial charge in [-0.2, -0.15) is 0 Å². The first-order valence-corrected chi connectivity index (χ1v) is 11.6. The summed E-state index contributed by atoms with van der Waals surface area (Å²) >= 11 is 0. The lowest BCUT2D eigenvalue weighted by Crippen LogP contribution is -3.14. The number of nitrogens with one attached hydrogen (secondary N) is 1. The standard InChI is InChI=1S/C25H41NO2/c1-25(2,3)22-9-11-24(12-10-22)28-19-23(27)18-26-15-13-21(14-16-26)17-20-7-5-4-6-8-20/h4-8,21-24,27H,9-19H2,1-3H3/p+1/t22?,23-,24?/m1/s1. The molecule has 2 aliphatic rings. The van der Waals surface area contributed by atoms with E-state index in [0.717, 1.165) is 31.2 Å². The van der Waals surface area contributed by atoms with Gasteiger partial charge in [-0.15, -0.1) is 0 Å². The highest BCUT2D eigenvalue weighted by Crippen LogP contribution is 2.38. The number of quaternary nitrogens is 1. The molecule has 2 N–H and O–H groups in total. The van der Waals surface area contributed by atoms with Crippen LogP contribution in [0.25, 0.3) is 0 Å². The van der Waals surface area contributed by atoms with Crippen molar-refractivity contribution >= 4 is 0 Å². The third kappa shape index (κ3) is 6.86. The normalized spacial score (nSPS) is 30.1. The molecule has 3 nitrogen and oxygen atoms in total. The molecular weight excluding hydrogens is 346 g/mol. The van der Waals surface area contributed by atoms with E-state index in [9.17, 15) is 5.11 Å². The Morgan fingerprint density at radius 2 is 1.64 bits per heavy atom. The highest BCUT2D eigenvalue weighted by atomic mass is 16.5. The van der Waals surface area contributed by atoms with Crippen LogP contribution >= 0.6 is 0 Å². The van der Waals surface area contributed by atoms with E-state index in [1.54, 1.807) is 4.90 Å². The maximum absolute atomic E-state index is 10.5. The molecule has 3 rings (SSSR count). The van der Waals surface area contributed by atoms with Crippen LogP contribution in [0.2, 0.25) is 0 Å². The second-order valence-electron chi connectivity index (χ2n) is 10.4. The summed E-state index contributed by atoms with van der Waals surface area (Å²) in [4.78, 5) is 1.55. The summed E-state index contributed by atoms with van der Waals surface area (Å²) in [5, 5.41) is 10.5. The summed E-state index contributed by atoms with van der Waals surface area (Å²) in [6, 6.07) is 10.9. The van der Waals surface area contributed by atoms with Crippen molar-refractivity contribution in [3.05, 3.63) is 35.9 Å². The fourth-order valence-corrected chi connectivity index (χ4v) is 5.18. The first-order valence-electron chi connectivity index (χ1n) is 11.6. The van der Waals surface area contributed by atoms with Gasteiger partial charge in [0.1, 0.15) is 12.6 Å². The first-order chi connectivity index (χ1) is 13.4. The van der Waals surface area contributed by atoms with Gasteiger partial charge in [-0.1, -0.05) is 51.1 Å². The Balaban J connectivity index is 1.29. The van der Waals surface area contributed by atoms with Crippen molar-refractivity contribution in [1.82, 2.24) is 0 Å². The van der Waals surface area contributed by atoms with Gasteiger partial charge in [-0.05, 0) is 67.8 Å². The molecular formula is C25H42NO2+. The van der Waals surface area contributed by atoms with Gasteiger partial charge in [-0.3, -0.25) is 0 Å². The van der Waals surface area contributed by atoms with Crippen LogP contribution in [0.1, 0.15) is 64.9 Å². The number of likely N-dealkylation sites (tertiary alicyclic amines) is 1. The Hall–Kier alpha value is -0.900. The lowest BCUT2D eigenvalue weighted by atomic mass is 9.72. The van der Waals surface area contributed by atoms with Crippen LogP contribution < -0.4 is 4.90 Å². The summed E-state index contributed by atoms with van der Waals surface area (Å²) < 4.78 is 6.08. The minimum absolute atomic E-state index is 0.319. The summed E-state index contributed by atoms with van der Waals surface area (Å²) in [6.07, 6.45) is 8.65. The van der Waals surface area contributed by atoms with Crippen molar-refractivity contribution in [2.75, 3.05) is 26.2 Å². The predicted octanol–water partition coefficient (Wildman–Crippen LogP) is 3.51. The molecule has 0 radical (unpaired) electrons. The smallest absolute Gasteiger partial charge is 0.126 e. The molecule has 1 aromatic rings. The average molecular weight is 389 g/mol. The van der Waals surface area contributed by atoms with Gasteiger partial charge >= 0.3 is 0 Å². The topological polar surface area (TPSA) is 33.9 Å². The molecule has 0 spiro atoms. The van der Waals surface area contributed by atoms with E-state index in [1.807, 2.05) is 0 Å². The second-order valence-corrected chi connectivity index (χ2v) is 10.4. The minimum atomic E-state index is -0.319. The fourth-order valence-electron chi connectivity index (χ4n) is 5.18. The zero-order valence-corrected chi connectivity index (χ0v) is 18.3. The molecule has 0 aromatic heterocycles. The number of ether oxygens (including phenoxy) is 1. The summed E-state index contributed by atoms with van der Waals surface area (Å²) in [6.45, 7) is 10.8. The summed E-state index contributed by atoms with van der Waals surface area (Å²) in [5.41, 5.74) is 1.88. The van der Waals surface area contributed by atoms with Gasteiger partial charge < -0.3 is 14.7 Å². The number of piperidine rings is 1. The third-order valence-electron chi connectivity index (χ3n) is 7.13. The molecule has 3 heteroatoms. The zero-order valence-electron chi connectivity index (χ0n) is 18.3. The molecule has 2 fully saturated rings. The fraction of sp³-hybridized carbons (Fsp3) is 0.760. The number of hydrogen-bond acceptors (Lipinski definition) is 2. The maximum Gasteiger partial charge on any atom is 0.126 e. The summed E-state index contributed by atoms with van der Waals surface area (Å²) in [5.74, 6) is 1.62. The lowest BCUT2D eigenvalue weighted by molar-refractivity contribution is -0.909. The van der Waals surface area contributed by atoms with Crippen LogP contribution in [-0.2, 0) is 11.2 Å². The molecule has 0 unspecified atom stereocenters. The minimum Gasteiger partial charge on any atom is -0.385 e. The molecule has 0 amide bonds.